The van der Waals surface area contributed by atoms with Crippen molar-refractivity contribution < 1.29 is 40.0 Å². The van der Waals surface area contributed by atoms with Crippen LogP contribution in [0.1, 0.15) is 6.42 Å². The van der Waals surface area contributed by atoms with Gasteiger partial charge in [-0.1, -0.05) is 0 Å². The van der Waals surface area contributed by atoms with Gasteiger partial charge in [-0.25, -0.2) is 16.2 Å². The Balaban J connectivity index is 4.71. The van der Waals surface area contributed by atoms with E-state index in [9.17, 15) is 14.4 Å². The first-order valence-corrected chi connectivity index (χ1v) is 6.39. The molecule has 0 saturated carbocycles. The largest absolute Gasteiger partial charge is 0.481 e. The van der Waals surface area contributed by atoms with Gasteiger partial charge in [0, 0.05) is 19.6 Å². The Kier molecular flexibility index (Phi) is 10.0. The predicted octanol–water partition coefficient (Wildman–Crippen LogP) is -1.96. The van der Waals surface area contributed by atoms with Crippen LogP contribution < -0.4 is 11.0 Å². The fourth-order valence-corrected chi connectivity index (χ4v) is 1.58. The number of carboxylic acid groups (broad SMARTS) is 1. The van der Waals surface area contributed by atoms with Crippen LogP contribution in [0.4, 0.5) is 0 Å². The highest BCUT2D eigenvalue weighted by atomic mass is 17.1. The van der Waals surface area contributed by atoms with Gasteiger partial charge in [0.15, 0.2) is 0 Å². The molecule has 0 aliphatic heterocycles. The Hall–Kier alpha value is -2.41. The zero-order valence-corrected chi connectivity index (χ0v) is 12.3. The maximum atomic E-state index is 11.2. The number of carbonyl (C=O) groups excluding carboxylic acids is 2. The molecule has 23 heavy (non-hydrogen) atoms. The van der Waals surface area contributed by atoms with Crippen molar-refractivity contribution in [3.05, 3.63) is 12.5 Å². The van der Waals surface area contributed by atoms with Crippen molar-refractivity contribution in [1.29, 1.82) is 0 Å². The molecule has 0 aromatic carbocycles. The molecule has 0 saturated heterocycles. The number of amides is 2. The smallest absolute Gasteiger partial charge is 0.304 e. The summed E-state index contributed by atoms with van der Waals surface area (Å²) >= 11 is 0. The van der Waals surface area contributed by atoms with E-state index in [1.807, 2.05) is 0 Å². The summed E-state index contributed by atoms with van der Waals surface area (Å²) < 4.78 is 0. The van der Waals surface area contributed by atoms with E-state index in [0.29, 0.717) is 0 Å². The molecule has 0 aliphatic rings. The highest BCUT2D eigenvalue weighted by Crippen LogP contribution is 2.03. The number of aliphatic carboxylic acids is 1. The standard InChI is InChI=1S/C11H20N4O8/c1-8(23-22)15(7-10(17)13-21)5-4-14(3-2-11(18)19)6-9(16)12-20/h20-22H,1-7H2,(H,12,16)(H,13,17)(H,18,19). The summed E-state index contributed by atoms with van der Waals surface area (Å²) in [5, 5.41) is 34.3. The van der Waals surface area contributed by atoms with E-state index in [-0.39, 0.29) is 38.5 Å². The normalized spacial score (nSPS) is 10.1. The molecule has 0 heterocycles. The summed E-state index contributed by atoms with van der Waals surface area (Å²) in [6, 6.07) is 0. The van der Waals surface area contributed by atoms with Gasteiger partial charge in [-0.05, 0) is 6.58 Å². The number of nitrogens with zero attached hydrogens (tertiary/aromatic N) is 2. The Labute approximate surface area is 131 Å². The van der Waals surface area contributed by atoms with E-state index in [1.165, 1.54) is 15.9 Å². The van der Waals surface area contributed by atoms with E-state index in [0.717, 1.165) is 4.90 Å². The minimum Gasteiger partial charge on any atom is -0.481 e. The molecule has 0 unspecified atom stereocenters. The summed E-state index contributed by atoms with van der Waals surface area (Å²) in [4.78, 5) is 39.4. The van der Waals surface area contributed by atoms with Crippen molar-refractivity contribution in [2.45, 2.75) is 6.42 Å². The topological polar surface area (TPSA) is 172 Å². The fourth-order valence-electron chi connectivity index (χ4n) is 1.58. The predicted molar refractivity (Wildman–Crippen MR) is 73.0 cm³/mol. The molecule has 0 spiro atoms. The van der Waals surface area contributed by atoms with Crippen molar-refractivity contribution >= 4 is 17.8 Å². The lowest BCUT2D eigenvalue weighted by atomic mass is 10.3. The average molecular weight is 336 g/mol. The fraction of sp³-hybridized carbons (Fsp3) is 0.545. The molecule has 2 amide bonds. The van der Waals surface area contributed by atoms with E-state index in [1.54, 1.807) is 0 Å². The molecule has 0 atom stereocenters. The van der Waals surface area contributed by atoms with Crippen LogP contribution in [0.15, 0.2) is 12.5 Å². The number of hydrogen-bond acceptors (Lipinski definition) is 9. The minimum atomic E-state index is -1.07. The molecule has 0 bridgehead atoms. The summed E-state index contributed by atoms with van der Waals surface area (Å²) in [5.74, 6) is -2.89. The number of nitrogens with one attached hydrogen (secondary N) is 2. The molecule has 12 heteroatoms. The first kappa shape index (κ1) is 20.6. The molecule has 0 aliphatic carbocycles. The van der Waals surface area contributed by atoms with Crippen LogP contribution in [0.2, 0.25) is 0 Å². The molecule has 0 aromatic heterocycles. The SMILES string of the molecule is C=C(OO)N(CCN(CCC(=O)O)CC(=O)NO)CC(=O)NO. The van der Waals surface area contributed by atoms with Crippen LogP contribution in [0.5, 0.6) is 0 Å². The zero-order chi connectivity index (χ0) is 17.8. The first-order chi connectivity index (χ1) is 10.8. The molecular formula is C11H20N4O8. The third kappa shape index (κ3) is 9.26. The molecule has 0 aromatic rings. The third-order valence-corrected chi connectivity index (χ3v) is 2.74. The lowest BCUT2D eigenvalue weighted by molar-refractivity contribution is -0.224. The Morgan fingerprint density at radius 3 is 2.04 bits per heavy atom. The third-order valence-electron chi connectivity index (χ3n) is 2.74. The highest BCUT2D eigenvalue weighted by molar-refractivity contribution is 5.77. The quantitative estimate of drug-likeness (QED) is 0.102. The number of carbonyl (C=O) groups is 3. The van der Waals surface area contributed by atoms with Gasteiger partial charge in [-0.15, -0.1) is 0 Å². The zero-order valence-electron chi connectivity index (χ0n) is 12.3. The van der Waals surface area contributed by atoms with Gasteiger partial charge >= 0.3 is 5.97 Å². The number of hydroxylamine groups is 2. The van der Waals surface area contributed by atoms with Gasteiger partial charge in [0.1, 0.15) is 6.54 Å². The van der Waals surface area contributed by atoms with Crippen molar-refractivity contribution in [2.75, 3.05) is 32.7 Å². The summed E-state index contributed by atoms with van der Waals surface area (Å²) in [6.45, 7) is 2.79. The van der Waals surface area contributed by atoms with E-state index in [2.05, 4.69) is 11.5 Å². The van der Waals surface area contributed by atoms with Crippen LogP contribution in [-0.2, 0) is 19.3 Å². The van der Waals surface area contributed by atoms with E-state index in [4.69, 9.17) is 20.8 Å². The van der Waals surface area contributed by atoms with E-state index >= 15 is 0 Å². The first-order valence-electron chi connectivity index (χ1n) is 6.39. The van der Waals surface area contributed by atoms with Gasteiger partial charge in [0.05, 0.1) is 13.0 Å². The minimum absolute atomic E-state index is 0.00917. The van der Waals surface area contributed by atoms with Gasteiger partial charge in [0.2, 0.25) is 5.88 Å². The second kappa shape index (κ2) is 11.2. The Bertz CT molecular complexity index is 430. The Morgan fingerprint density at radius 1 is 1.00 bits per heavy atom. The van der Waals surface area contributed by atoms with Gasteiger partial charge in [0.25, 0.3) is 11.8 Å². The maximum Gasteiger partial charge on any atom is 0.304 e. The summed E-state index contributed by atoms with van der Waals surface area (Å²) in [6.07, 6.45) is -0.243. The molecule has 0 radical (unpaired) electrons. The van der Waals surface area contributed by atoms with Crippen LogP contribution in [0.3, 0.4) is 0 Å². The van der Waals surface area contributed by atoms with Crippen molar-refractivity contribution in [3.63, 3.8) is 0 Å². The molecule has 132 valence electrons. The van der Waals surface area contributed by atoms with Crippen LogP contribution >= 0.6 is 0 Å². The van der Waals surface area contributed by atoms with Gasteiger partial charge in [-0.2, -0.15) is 0 Å². The molecule has 12 nitrogen and oxygen atoms in total. The number of hydrogen-bond donors (Lipinski definition) is 6. The molecular weight excluding hydrogens is 316 g/mol. The molecule has 0 fully saturated rings. The van der Waals surface area contributed by atoms with Crippen molar-refractivity contribution in [1.82, 2.24) is 20.8 Å². The van der Waals surface area contributed by atoms with Gasteiger partial charge in [-0.3, -0.25) is 29.7 Å². The van der Waals surface area contributed by atoms with Crippen LogP contribution in [0, 0.1) is 0 Å². The van der Waals surface area contributed by atoms with Gasteiger partial charge < -0.3 is 14.9 Å². The average Bonchev–Trinajstić information content (AvgIpc) is 2.54. The summed E-state index contributed by atoms with van der Waals surface area (Å²) in [7, 11) is 0. The molecule has 0 rings (SSSR count). The summed E-state index contributed by atoms with van der Waals surface area (Å²) in [5.41, 5.74) is 2.82. The highest BCUT2D eigenvalue weighted by Gasteiger charge is 2.17. The second-order valence-electron chi connectivity index (χ2n) is 4.40. The second-order valence-corrected chi connectivity index (χ2v) is 4.40. The monoisotopic (exact) mass is 336 g/mol. The molecule has 6 N–H and O–H groups in total. The number of carboxylic acids is 1. The lowest BCUT2D eigenvalue weighted by Gasteiger charge is -2.27. The Morgan fingerprint density at radius 2 is 1.57 bits per heavy atom. The lowest BCUT2D eigenvalue weighted by Crippen LogP contribution is -2.43. The van der Waals surface area contributed by atoms with Crippen LogP contribution in [0.25, 0.3) is 0 Å². The van der Waals surface area contributed by atoms with E-state index < -0.39 is 24.3 Å². The maximum absolute atomic E-state index is 11.2. The van der Waals surface area contributed by atoms with Crippen molar-refractivity contribution in [3.8, 4) is 0 Å². The number of rotatable bonds is 12. The van der Waals surface area contributed by atoms with Crippen molar-refractivity contribution in [2.24, 2.45) is 0 Å². The van der Waals surface area contributed by atoms with Crippen LogP contribution in [-0.4, -0.2) is 81.1 Å².